The van der Waals surface area contributed by atoms with Gasteiger partial charge in [-0.15, -0.1) is 24.0 Å². The summed E-state index contributed by atoms with van der Waals surface area (Å²) in [6, 6.07) is 8.66. The van der Waals surface area contributed by atoms with Crippen LogP contribution in [0.5, 0.6) is 0 Å². The molecule has 0 amide bonds. The van der Waals surface area contributed by atoms with Crippen LogP contribution >= 0.6 is 24.0 Å². The van der Waals surface area contributed by atoms with Gasteiger partial charge in [0, 0.05) is 25.8 Å². The molecule has 4 nitrogen and oxygen atoms in total. The smallest absolute Gasteiger partial charge is 0.198 e. The summed E-state index contributed by atoms with van der Waals surface area (Å²) >= 11 is 0. The van der Waals surface area contributed by atoms with Gasteiger partial charge in [-0.3, -0.25) is 4.99 Å². The van der Waals surface area contributed by atoms with Crippen LogP contribution in [0.4, 0.5) is 5.69 Å². The van der Waals surface area contributed by atoms with Gasteiger partial charge < -0.3 is 15.1 Å². The van der Waals surface area contributed by atoms with Gasteiger partial charge in [-0.1, -0.05) is 18.2 Å². The van der Waals surface area contributed by atoms with E-state index in [-0.39, 0.29) is 24.0 Å². The Kier molecular flexibility index (Phi) is 6.50. The Bertz CT molecular complexity index is 509. The van der Waals surface area contributed by atoms with Crippen LogP contribution in [-0.2, 0) is 6.42 Å². The molecule has 0 radical (unpaired) electrons. The van der Waals surface area contributed by atoms with Gasteiger partial charge in [0.05, 0.1) is 0 Å². The molecule has 22 heavy (non-hydrogen) atoms. The average molecular weight is 414 g/mol. The predicted octanol–water partition coefficient (Wildman–Crippen LogP) is 2.58. The van der Waals surface area contributed by atoms with E-state index in [1.165, 1.54) is 37.2 Å². The van der Waals surface area contributed by atoms with E-state index >= 15 is 0 Å². The van der Waals surface area contributed by atoms with Crippen molar-refractivity contribution in [3.05, 3.63) is 29.8 Å². The first-order valence-corrected chi connectivity index (χ1v) is 8.02. The number of nitrogens with one attached hydrogen (secondary N) is 1. The Morgan fingerprint density at radius 3 is 2.68 bits per heavy atom. The summed E-state index contributed by atoms with van der Waals surface area (Å²) in [6.07, 6.45) is 3.69. The van der Waals surface area contributed by atoms with Gasteiger partial charge in [0.1, 0.15) is 0 Å². The van der Waals surface area contributed by atoms with Crippen molar-refractivity contribution in [2.45, 2.75) is 19.3 Å². The molecule has 1 fully saturated rings. The number of anilines is 1. The number of hydrogen-bond donors (Lipinski definition) is 1. The van der Waals surface area contributed by atoms with Crippen molar-refractivity contribution in [3.63, 3.8) is 0 Å². The van der Waals surface area contributed by atoms with Crippen LogP contribution in [0.15, 0.2) is 29.3 Å². The molecule has 1 saturated heterocycles. The number of benzene rings is 1. The molecule has 2 aliphatic heterocycles. The summed E-state index contributed by atoms with van der Waals surface area (Å²) < 4.78 is 0. The first-order valence-electron chi connectivity index (χ1n) is 8.02. The molecule has 0 spiro atoms. The van der Waals surface area contributed by atoms with E-state index in [4.69, 9.17) is 0 Å². The van der Waals surface area contributed by atoms with Gasteiger partial charge in [-0.25, -0.2) is 0 Å². The lowest BCUT2D eigenvalue weighted by Crippen LogP contribution is -2.44. The van der Waals surface area contributed by atoms with E-state index in [9.17, 15) is 0 Å². The number of rotatable bonds is 2. The number of nitrogens with zero attached hydrogens (tertiary/aromatic N) is 3. The summed E-state index contributed by atoms with van der Waals surface area (Å²) in [6.45, 7) is 4.51. The third-order valence-corrected chi connectivity index (χ3v) is 4.74. The molecular weight excluding hydrogens is 387 g/mol. The molecule has 0 bridgehead atoms. The lowest BCUT2D eigenvalue weighted by atomic mass is 9.97. The van der Waals surface area contributed by atoms with Gasteiger partial charge in [0.15, 0.2) is 5.96 Å². The summed E-state index contributed by atoms with van der Waals surface area (Å²) in [5.74, 6) is 1.80. The molecule has 1 N–H and O–H groups in total. The predicted molar refractivity (Wildman–Crippen MR) is 104 cm³/mol. The van der Waals surface area contributed by atoms with Crippen LogP contribution in [0, 0.1) is 5.92 Å². The molecule has 0 atom stereocenters. The molecule has 0 unspecified atom stereocenters. The van der Waals surface area contributed by atoms with Crippen molar-refractivity contribution in [3.8, 4) is 0 Å². The second kappa shape index (κ2) is 8.15. The fraction of sp³-hybridized carbons (Fsp3) is 0.588. The standard InChI is InChI=1S/C17H26N4.HI/c1-18-17(19-13-14-7-10-20(2)11-8-14)21-12-9-15-5-3-4-6-16(15)21;/h3-6,14H,7-13H2,1-2H3,(H,18,19);1H. The Morgan fingerprint density at radius 2 is 1.95 bits per heavy atom. The highest BCUT2D eigenvalue weighted by molar-refractivity contribution is 14.0. The maximum Gasteiger partial charge on any atom is 0.198 e. The van der Waals surface area contributed by atoms with Gasteiger partial charge in [0.25, 0.3) is 0 Å². The summed E-state index contributed by atoms with van der Waals surface area (Å²) in [4.78, 5) is 9.23. The molecule has 5 heteroatoms. The fourth-order valence-corrected chi connectivity index (χ4v) is 3.36. The van der Waals surface area contributed by atoms with E-state index in [1.807, 2.05) is 7.05 Å². The summed E-state index contributed by atoms with van der Waals surface area (Å²) in [7, 11) is 4.10. The highest BCUT2D eigenvalue weighted by Gasteiger charge is 2.23. The first kappa shape index (κ1) is 17.5. The van der Waals surface area contributed by atoms with E-state index in [1.54, 1.807) is 0 Å². The molecule has 2 heterocycles. The molecule has 0 aliphatic carbocycles. The van der Waals surface area contributed by atoms with E-state index in [2.05, 4.69) is 51.4 Å². The summed E-state index contributed by atoms with van der Waals surface area (Å²) in [5.41, 5.74) is 2.74. The number of likely N-dealkylation sites (tertiary alicyclic amines) is 1. The number of guanidine groups is 1. The number of halogens is 1. The number of hydrogen-bond acceptors (Lipinski definition) is 2. The number of para-hydroxylation sites is 1. The van der Waals surface area contributed by atoms with Crippen molar-refractivity contribution in [1.29, 1.82) is 0 Å². The second-order valence-corrected chi connectivity index (χ2v) is 6.21. The van der Waals surface area contributed by atoms with E-state index in [0.717, 1.165) is 31.4 Å². The van der Waals surface area contributed by atoms with Gasteiger partial charge >= 0.3 is 0 Å². The second-order valence-electron chi connectivity index (χ2n) is 6.21. The Hall–Kier alpha value is -0.820. The van der Waals surface area contributed by atoms with E-state index in [0.29, 0.717) is 0 Å². The van der Waals surface area contributed by atoms with Crippen molar-refractivity contribution >= 4 is 35.6 Å². The van der Waals surface area contributed by atoms with E-state index < -0.39 is 0 Å². The van der Waals surface area contributed by atoms with Crippen molar-refractivity contribution in [2.24, 2.45) is 10.9 Å². The third kappa shape index (κ3) is 3.93. The lowest BCUT2D eigenvalue weighted by Gasteiger charge is -2.30. The van der Waals surface area contributed by atoms with Crippen LogP contribution in [0.2, 0.25) is 0 Å². The zero-order valence-corrected chi connectivity index (χ0v) is 15.9. The van der Waals surface area contributed by atoms with Crippen LogP contribution in [0.1, 0.15) is 18.4 Å². The minimum Gasteiger partial charge on any atom is -0.356 e. The lowest BCUT2D eigenvalue weighted by molar-refractivity contribution is 0.220. The molecule has 122 valence electrons. The maximum absolute atomic E-state index is 4.49. The number of aliphatic imine (C=N–C) groups is 1. The zero-order valence-electron chi connectivity index (χ0n) is 13.6. The Balaban J connectivity index is 0.00000176. The molecule has 2 aliphatic rings. The SMILES string of the molecule is CN=C(NCC1CCN(C)CC1)N1CCc2ccccc21.I. The molecule has 1 aromatic carbocycles. The third-order valence-electron chi connectivity index (χ3n) is 4.74. The minimum absolute atomic E-state index is 0. The number of fused-ring (bicyclic) bond motifs is 1. The molecule has 0 aromatic heterocycles. The van der Waals surface area contributed by atoms with Crippen LogP contribution in [0.25, 0.3) is 0 Å². The topological polar surface area (TPSA) is 30.9 Å². The normalized spacial score (nSPS) is 19.7. The zero-order chi connectivity index (χ0) is 14.7. The van der Waals surface area contributed by atoms with Gasteiger partial charge in [0.2, 0.25) is 0 Å². The fourth-order valence-electron chi connectivity index (χ4n) is 3.36. The van der Waals surface area contributed by atoms with Gasteiger partial charge in [-0.05, 0) is 56.9 Å². The molecule has 0 saturated carbocycles. The first-order chi connectivity index (χ1) is 10.3. The molecule has 1 aromatic rings. The van der Waals surface area contributed by atoms with Crippen molar-refractivity contribution < 1.29 is 0 Å². The molecular formula is C17H27IN4. The van der Waals surface area contributed by atoms with Gasteiger partial charge in [-0.2, -0.15) is 0 Å². The summed E-state index contributed by atoms with van der Waals surface area (Å²) in [5, 5.41) is 3.59. The van der Waals surface area contributed by atoms with Crippen molar-refractivity contribution in [2.75, 3.05) is 45.2 Å². The number of piperidine rings is 1. The Morgan fingerprint density at radius 1 is 1.23 bits per heavy atom. The maximum atomic E-state index is 4.49. The Labute approximate surface area is 151 Å². The quantitative estimate of drug-likeness (QED) is 0.459. The average Bonchev–Trinajstić information content (AvgIpc) is 2.94. The highest BCUT2D eigenvalue weighted by Crippen LogP contribution is 2.27. The van der Waals surface area contributed by atoms with Crippen LogP contribution in [0.3, 0.4) is 0 Å². The monoisotopic (exact) mass is 414 g/mol. The van der Waals surface area contributed by atoms with Crippen LogP contribution in [-0.4, -0.2) is 51.1 Å². The highest BCUT2D eigenvalue weighted by atomic mass is 127. The largest absolute Gasteiger partial charge is 0.356 e. The minimum atomic E-state index is 0. The van der Waals surface area contributed by atoms with Crippen molar-refractivity contribution in [1.82, 2.24) is 10.2 Å². The molecule has 3 rings (SSSR count). The van der Waals surface area contributed by atoms with Crippen LogP contribution < -0.4 is 10.2 Å².